The van der Waals surface area contributed by atoms with Crippen LogP contribution in [0, 0.1) is 0 Å². The van der Waals surface area contributed by atoms with Gasteiger partial charge >= 0.3 is 0 Å². The number of hydrogen-bond donors (Lipinski definition) is 2. The van der Waals surface area contributed by atoms with Crippen molar-refractivity contribution in [3.8, 4) is 0 Å². The summed E-state index contributed by atoms with van der Waals surface area (Å²) in [6.07, 6.45) is 4.50. The molecule has 2 rings (SSSR count). The second-order valence-corrected chi connectivity index (χ2v) is 5.50. The number of thiocarbonyl (C=S) groups is 1. The van der Waals surface area contributed by atoms with Crippen LogP contribution < -0.4 is 10.6 Å². The third-order valence-electron chi connectivity index (χ3n) is 2.62. The average Bonchev–Trinajstić information content (AvgIpc) is 2.97. The van der Waals surface area contributed by atoms with Gasteiger partial charge in [-0.3, -0.25) is 10.1 Å². The molecular formula is C15H12Cl2N2O2S. The molecule has 0 saturated heterocycles. The number of carbonyl (C=O) groups excluding carboxylic acids is 1. The molecule has 0 aliphatic rings. The molecule has 0 spiro atoms. The van der Waals surface area contributed by atoms with Crippen LogP contribution in [0.2, 0.25) is 10.0 Å². The van der Waals surface area contributed by atoms with Crippen molar-refractivity contribution in [3.63, 3.8) is 0 Å². The second-order valence-electron chi connectivity index (χ2n) is 4.25. The number of carbonyl (C=O) groups is 1. The standard InChI is InChI=1S/C15H12Cl2N2O2S/c16-11-5-3-10(13(17)8-11)4-6-14(20)19-15(22)18-9-12-2-1-7-21-12/h1-8H,9H2,(H2,18,19,20,22)/b6-4+. The van der Waals surface area contributed by atoms with E-state index in [1.54, 1.807) is 42.7 Å². The maximum atomic E-state index is 11.7. The van der Waals surface area contributed by atoms with E-state index in [0.29, 0.717) is 22.2 Å². The van der Waals surface area contributed by atoms with Crippen molar-refractivity contribution in [1.82, 2.24) is 10.6 Å². The highest BCUT2D eigenvalue weighted by Crippen LogP contribution is 2.21. The lowest BCUT2D eigenvalue weighted by atomic mass is 10.2. The highest BCUT2D eigenvalue weighted by molar-refractivity contribution is 7.80. The van der Waals surface area contributed by atoms with Crippen LogP contribution in [0.4, 0.5) is 0 Å². The summed E-state index contributed by atoms with van der Waals surface area (Å²) in [5.74, 6) is 0.364. The number of benzene rings is 1. The predicted molar refractivity (Wildman–Crippen MR) is 91.8 cm³/mol. The van der Waals surface area contributed by atoms with Crippen molar-refractivity contribution < 1.29 is 9.21 Å². The normalized spacial score (nSPS) is 10.6. The molecule has 1 aromatic carbocycles. The molecule has 114 valence electrons. The molecule has 0 atom stereocenters. The zero-order valence-corrected chi connectivity index (χ0v) is 13.6. The van der Waals surface area contributed by atoms with Crippen LogP contribution in [0.1, 0.15) is 11.3 Å². The monoisotopic (exact) mass is 354 g/mol. The topological polar surface area (TPSA) is 54.3 Å². The Bertz CT molecular complexity index is 700. The summed E-state index contributed by atoms with van der Waals surface area (Å²) < 4.78 is 5.14. The van der Waals surface area contributed by atoms with Gasteiger partial charge in [-0.2, -0.15) is 0 Å². The van der Waals surface area contributed by atoms with Gasteiger partial charge in [0.15, 0.2) is 5.11 Å². The summed E-state index contributed by atoms with van der Waals surface area (Å²) in [6, 6.07) is 8.61. The van der Waals surface area contributed by atoms with Gasteiger partial charge in [-0.1, -0.05) is 29.3 Å². The number of rotatable bonds is 4. The Kier molecular flexibility index (Phi) is 6.00. The maximum Gasteiger partial charge on any atom is 0.250 e. The summed E-state index contributed by atoms with van der Waals surface area (Å²) in [7, 11) is 0. The van der Waals surface area contributed by atoms with E-state index >= 15 is 0 Å². The lowest BCUT2D eigenvalue weighted by molar-refractivity contribution is -0.115. The van der Waals surface area contributed by atoms with Crippen LogP contribution in [-0.4, -0.2) is 11.0 Å². The molecular weight excluding hydrogens is 343 g/mol. The highest BCUT2D eigenvalue weighted by Gasteiger charge is 2.03. The van der Waals surface area contributed by atoms with Crippen LogP contribution >= 0.6 is 35.4 Å². The Balaban J connectivity index is 1.84. The fourth-order valence-electron chi connectivity index (χ4n) is 1.58. The first kappa shape index (κ1) is 16.5. The van der Waals surface area contributed by atoms with Gasteiger partial charge in [0.25, 0.3) is 0 Å². The quantitative estimate of drug-likeness (QED) is 0.647. The largest absolute Gasteiger partial charge is 0.467 e. The van der Waals surface area contributed by atoms with E-state index in [1.807, 2.05) is 0 Å². The maximum absolute atomic E-state index is 11.7. The van der Waals surface area contributed by atoms with Crippen LogP contribution in [0.15, 0.2) is 47.1 Å². The fraction of sp³-hybridized carbons (Fsp3) is 0.0667. The molecule has 0 bridgehead atoms. The van der Waals surface area contributed by atoms with Gasteiger partial charge in [0.1, 0.15) is 5.76 Å². The molecule has 2 aromatic rings. The van der Waals surface area contributed by atoms with Crippen molar-refractivity contribution in [2.45, 2.75) is 6.54 Å². The van der Waals surface area contributed by atoms with Gasteiger partial charge in [0.2, 0.25) is 5.91 Å². The first-order valence-electron chi connectivity index (χ1n) is 6.29. The van der Waals surface area contributed by atoms with E-state index < -0.39 is 0 Å². The van der Waals surface area contributed by atoms with Gasteiger partial charge in [0.05, 0.1) is 12.8 Å². The SMILES string of the molecule is O=C(/C=C/c1ccc(Cl)cc1Cl)NC(=S)NCc1ccco1. The number of furan rings is 1. The van der Waals surface area contributed by atoms with Crippen molar-refractivity contribution in [2.24, 2.45) is 0 Å². The van der Waals surface area contributed by atoms with Crippen molar-refractivity contribution in [1.29, 1.82) is 0 Å². The predicted octanol–water partition coefficient (Wildman–Crippen LogP) is 3.79. The Morgan fingerprint density at radius 3 is 2.82 bits per heavy atom. The number of amides is 1. The minimum absolute atomic E-state index is 0.216. The molecule has 0 saturated carbocycles. The summed E-state index contributed by atoms with van der Waals surface area (Å²) >= 11 is 16.8. The minimum atomic E-state index is -0.358. The molecule has 0 aliphatic heterocycles. The summed E-state index contributed by atoms with van der Waals surface area (Å²) in [5, 5.41) is 6.61. The van der Waals surface area contributed by atoms with E-state index in [-0.39, 0.29) is 11.0 Å². The first-order chi connectivity index (χ1) is 10.5. The Morgan fingerprint density at radius 2 is 2.14 bits per heavy atom. The zero-order valence-electron chi connectivity index (χ0n) is 11.3. The number of hydrogen-bond acceptors (Lipinski definition) is 3. The molecule has 0 fully saturated rings. The van der Waals surface area contributed by atoms with Crippen LogP contribution in [-0.2, 0) is 11.3 Å². The van der Waals surface area contributed by atoms with Gasteiger partial charge in [-0.25, -0.2) is 0 Å². The van der Waals surface area contributed by atoms with Gasteiger partial charge in [0, 0.05) is 16.1 Å². The fourth-order valence-corrected chi connectivity index (χ4v) is 2.22. The molecule has 2 N–H and O–H groups in total. The molecule has 0 aliphatic carbocycles. The zero-order chi connectivity index (χ0) is 15.9. The lowest BCUT2D eigenvalue weighted by Crippen LogP contribution is -2.37. The summed E-state index contributed by atoms with van der Waals surface area (Å²) in [6.45, 7) is 0.402. The molecule has 0 unspecified atom stereocenters. The molecule has 1 aromatic heterocycles. The van der Waals surface area contributed by atoms with E-state index in [1.165, 1.54) is 6.08 Å². The molecule has 7 heteroatoms. The molecule has 1 heterocycles. The summed E-state index contributed by atoms with van der Waals surface area (Å²) in [5.41, 5.74) is 0.690. The first-order valence-corrected chi connectivity index (χ1v) is 7.45. The van der Waals surface area contributed by atoms with E-state index in [4.69, 9.17) is 39.8 Å². The molecule has 1 amide bonds. The Morgan fingerprint density at radius 1 is 1.32 bits per heavy atom. The van der Waals surface area contributed by atoms with E-state index in [0.717, 1.165) is 5.76 Å². The van der Waals surface area contributed by atoms with Crippen LogP contribution in [0.3, 0.4) is 0 Å². The van der Waals surface area contributed by atoms with Crippen molar-refractivity contribution in [2.75, 3.05) is 0 Å². The minimum Gasteiger partial charge on any atom is -0.467 e. The lowest BCUT2D eigenvalue weighted by Gasteiger charge is -2.06. The van der Waals surface area contributed by atoms with Crippen molar-refractivity contribution >= 4 is 52.5 Å². The highest BCUT2D eigenvalue weighted by atomic mass is 35.5. The number of halogens is 2. The van der Waals surface area contributed by atoms with E-state index in [2.05, 4.69) is 10.6 Å². The third-order valence-corrected chi connectivity index (χ3v) is 3.43. The Hall–Kier alpha value is -1.82. The van der Waals surface area contributed by atoms with Crippen molar-refractivity contribution in [3.05, 3.63) is 64.0 Å². The summed E-state index contributed by atoms with van der Waals surface area (Å²) in [4.78, 5) is 11.7. The third kappa shape index (κ3) is 5.18. The van der Waals surface area contributed by atoms with Gasteiger partial charge < -0.3 is 9.73 Å². The average molecular weight is 355 g/mol. The van der Waals surface area contributed by atoms with E-state index in [9.17, 15) is 4.79 Å². The molecule has 4 nitrogen and oxygen atoms in total. The Labute approximate surface area is 143 Å². The van der Waals surface area contributed by atoms with Crippen LogP contribution in [0.25, 0.3) is 6.08 Å². The van der Waals surface area contributed by atoms with Gasteiger partial charge in [-0.15, -0.1) is 0 Å². The van der Waals surface area contributed by atoms with Crippen LogP contribution in [0.5, 0.6) is 0 Å². The number of nitrogens with one attached hydrogen (secondary N) is 2. The molecule has 22 heavy (non-hydrogen) atoms. The smallest absolute Gasteiger partial charge is 0.250 e. The van der Waals surface area contributed by atoms with Gasteiger partial charge in [-0.05, 0) is 48.1 Å². The second kappa shape index (κ2) is 7.98. The molecule has 0 radical (unpaired) electrons.